The van der Waals surface area contributed by atoms with Gasteiger partial charge < -0.3 is 10.7 Å². The van der Waals surface area contributed by atoms with Crippen LogP contribution in [0, 0.1) is 6.92 Å². The van der Waals surface area contributed by atoms with Crippen LogP contribution in [0.1, 0.15) is 17.7 Å². The summed E-state index contributed by atoms with van der Waals surface area (Å²) < 4.78 is 0. The summed E-state index contributed by atoms with van der Waals surface area (Å²) >= 11 is 0. The van der Waals surface area contributed by atoms with Crippen LogP contribution in [-0.2, 0) is 6.42 Å². The van der Waals surface area contributed by atoms with Gasteiger partial charge in [0.1, 0.15) is 0 Å². The molecule has 0 radical (unpaired) electrons. The van der Waals surface area contributed by atoms with Gasteiger partial charge in [0.05, 0.1) is 0 Å². The van der Waals surface area contributed by atoms with Crippen molar-refractivity contribution in [3.63, 3.8) is 0 Å². The number of fused-ring (bicyclic) bond motifs is 1. The summed E-state index contributed by atoms with van der Waals surface area (Å²) in [5.74, 6) is 0. The number of aromatic nitrogens is 1. The number of nitrogens with one attached hydrogen (secondary N) is 1. The third-order valence-corrected chi connectivity index (χ3v) is 2.48. The third-order valence-electron chi connectivity index (χ3n) is 2.48. The van der Waals surface area contributed by atoms with Crippen molar-refractivity contribution >= 4 is 10.9 Å². The maximum Gasteiger partial charge on any atom is 0.0456 e. The minimum Gasteiger partial charge on any atom is -0.358 e. The van der Waals surface area contributed by atoms with E-state index in [4.69, 9.17) is 5.73 Å². The summed E-state index contributed by atoms with van der Waals surface area (Å²) in [5.41, 5.74) is 9.30. The predicted molar refractivity (Wildman–Crippen MR) is 60.4 cm³/mol. The Morgan fingerprint density at radius 2 is 2.14 bits per heavy atom. The van der Waals surface area contributed by atoms with E-state index in [1.54, 1.807) is 0 Å². The molecule has 0 saturated heterocycles. The molecule has 0 bridgehead atoms. The van der Waals surface area contributed by atoms with Crippen molar-refractivity contribution in [1.29, 1.82) is 0 Å². The molecule has 0 spiro atoms. The van der Waals surface area contributed by atoms with E-state index >= 15 is 0 Å². The van der Waals surface area contributed by atoms with Crippen LogP contribution in [0.15, 0.2) is 24.3 Å². The molecule has 1 aromatic carbocycles. The zero-order valence-corrected chi connectivity index (χ0v) is 8.51. The zero-order chi connectivity index (χ0) is 9.97. The molecule has 0 amide bonds. The largest absolute Gasteiger partial charge is 0.358 e. The molecule has 2 nitrogen and oxygen atoms in total. The number of H-pyrrole nitrogens is 1. The first kappa shape index (κ1) is 9.28. The van der Waals surface area contributed by atoms with E-state index in [1.165, 1.54) is 22.2 Å². The van der Waals surface area contributed by atoms with Gasteiger partial charge in [0.25, 0.3) is 0 Å². The van der Waals surface area contributed by atoms with Crippen LogP contribution >= 0.6 is 0 Å². The van der Waals surface area contributed by atoms with Crippen LogP contribution in [0.3, 0.4) is 0 Å². The Morgan fingerprint density at radius 1 is 1.29 bits per heavy atom. The minimum absolute atomic E-state index is 0.758. The van der Waals surface area contributed by atoms with Gasteiger partial charge in [-0.1, -0.05) is 11.6 Å². The minimum atomic E-state index is 0.758. The van der Waals surface area contributed by atoms with Crippen molar-refractivity contribution < 1.29 is 0 Å². The highest BCUT2D eigenvalue weighted by Crippen LogP contribution is 2.17. The fourth-order valence-electron chi connectivity index (χ4n) is 1.74. The van der Waals surface area contributed by atoms with Gasteiger partial charge in [-0.15, -0.1) is 0 Å². The highest BCUT2D eigenvalue weighted by atomic mass is 14.7. The lowest BCUT2D eigenvalue weighted by Gasteiger charge is -1.92. The van der Waals surface area contributed by atoms with Crippen molar-refractivity contribution in [2.24, 2.45) is 5.73 Å². The Morgan fingerprint density at radius 3 is 2.93 bits per heavy atom. The molecule has 0 fully saturated rings. The van der Waals surface area contributed by atoms with Gasteiger partial charge >= 0.3 is 0 Å². The van der Waals surface area contributed by atoms with E-state index in [0.29, 0.717) is 0 Å². The first-order chi connectivity index (χ1) is 6.79. The summed E-state index contributed by atoms with van der Waals surface area (Å²) in [7, 11) is 0. The average Bonchev–Trinajstić information content (AvgIpc) is 2.56. The normalized spacial score (nSPS) is 11.0. The summed E-state index contributed by atoms with van der Waals surface area (Å²) in [6.07, 6.45) is 2.09. The second-order valence-electron chi connectivity index (χ2n) is 3.78. The molecule has 0 aliphatic rings. The Bertz CT molecular complexity index is 429. The van der Waals surface area contributed by atoms with Crippen LogP contribution in [0.25, 0.3) is 10.9 Å². The number of nitrogens with two attached hydrogens (primary N) is 1. The van der Waals surface area contributed by atoms with Crippen molar-refractivity contribution in [3.05, 3.63) is 35.5 Å². The van der Waals surface area contributed by atoms with Gasteiger partial charge in [-0.3, -0.25) is 0 Å². The molecule has 0 aliphatic carbocycles. The van der Waals surface area contributed by atoms with Gasteiger partial charge in [-0.2, -0.15) is 0 Å². The van der Waals surface area contributed by atoms with Gasteiger partial charge in [0, 0.05) is 11.2 Å². The second-order valence-corrected chi connectivity index (χ2v) is 3.78. The summed E-state index contributed by atoms with van der Waals surface area (Å²) in [6, 6.07) is 8.69. The fraction of sp³-hybridized carbons (Fsp3) is 0.333. The number of hydrogen-bond donors (Lipinski definition) is 2. The monoisotopic (exact) mass is 188 g/mol. The Labute approximate surface area is 84.1 Å². The second kappa shape index (κ2) is 3.84. The molecule has 0 atom stereocenters. The first-order valence-electron chi connectivity index (χ1n) is 5.08. The van der Waals surface area contributed by atoms with Gasteiger partial charge in [-0.05, 0) is 49.9 Å². The maximum atomic E-state index is 5.48. The molecule has 0 unspecified atom stereocenters. The summed E-state index contributed by atoms with van der Waals surface area (Å²) in [4.78, 5) is 3.40. The van der Waals surface area contributed by atoms with Crippen molar-refractivity contribution in [2.45, 2.75) is 19.8 Å². The topological polar surface area (TPSA) is 41.8 Å². The lowest BCUT2D eigenvalue weighted by atomic mass is 10.2. The molecule has 2 heteroatoms. The van der Waals surface area contributed by atoms with E-state index in [-0.39, 0.29) is 0 Å². The molecule has 2 rings (SSSR count). The van der Waals surface area contributed by atoms with Crippen LogP contribution < -0.4 is 5.73 Å². The molecule has 0 saturated carbocycles. The lowest BCUT2D eigenvalue weighted by molar-refractivity contribution is 0.818. The molecule has 74 valence electrons. The Kier molecular flexibility index (Phi) is 2.55. The molecule has 1 heterocycles. The van der Waals surface area contributed by atoms with Gasteiger partial charge in [0.15, 0.2) is 0 Å². The Balaban J connectivity index is 2.32. The summed E-state index contributed by atoms with van der Waals surface area (Å²) in [6.45, 7) is 2.88. The van der Waals surface area contributed by atoms with Crippen molar-refractivity contribution in [2.75, 3.05) is 6.54 Å². The molecular formula is C12H16N2. The van der Waals surface area contributed by atoms with E-state index in [9.17, 15) is 0 Å². The smallest absolute Gasteiger partial charge is 0.0456 e. The van der Waals surface area contributed by atoms with Crippen molar-refractivity contribution in [3.8, 4) is 0 Å². The standard InChI is InChI=1S/C12H16N2/c1-9-4-5-12-10(7-9)8-11(14-12)3-2-6-13/h4-5,7-8,14H,2-3,6,13H2,1H3. The number of benzene rings is 1. The van der Waals surface area contributed by atoms with E-state index in [1.807, 2.05) is 0 Å². The maximum absolute atomic E-state index is 5.48. The van der Waals surface area contributed by atoms with E-state index in [2.05, 4.69) is 36.2 Å². The van der Waals surface area contributed by atoms with Crippen molar-refractivity contribution in [1.82, 2.24) is 4.98 Å². The summed E-state index contributed by atoms with van der Waals surface area (Å²) in [5, 5.41) is 1.30. The van der Waals surface area contributed by atoms with Crippen LogP contribution in [0.5, 0.6) is 0 Å². The quantitative estimate of drug-likeness (QED) is 0.763. The lowest BCUT2D eigenvalue weighted by Crippen LogP contribution is -2.00. The third kappa shape index (κ3) is 1.80. The van der Waals surface area contributed by atoms with Crippen LogP contribution in [0.4, 0.5) is 0 Å². The highest BCUT2D eigenvalue weighted by Gasteiger charge is 1.99. The zero-order valence-electron chi connectivity index (χ0n) is 8.51. The van der Waals surface area contributed by atoms with Crippen LogP contribution in [0.2, 0.25) is 0 Å². The number of aryl methyl sites for hydroxylation is 2. The number of hydrogen-bond acceptors (Lipinski definition) is 1. The molecule has 0 aliphatic heterocycles. The van der Waals surface area contributed by atoms with E-state index < -0.39 is 0 Å². The number of rotatable bonds is 3. The molecule has 3 N–H and O–H groups in total. The van der Waals surface area contributed by atoms with E-state index in [0.717, 1.165) is 19.4 Å². The SMILES string of the molecule is Cc1ccc2[nH]c(CCCN)cc2c1. The first-order valence-corrected chi connectivity index (χ1v) is 5.08. The predicted octanol–water partition coefficient (Wildman–Crippen LogP) is 2.37. The van der Waals surface area contributed by atoms with Gasteiger partial charge in [0.2, 0.25) is 0 Å². The average molecular weight is 188 g/mol. The molecule has 1 aromatic heterocycles. The molecule has 2 aromatic rings. The number of aromatic amines is 1. The highest BCUT2D eigenvalue weighted by molar-refractivity contribution is 5.81. The van der Waals surface area contributed by atoms with Gasteiger partial charge in [-0.25, -0.2) is 0 Å². The molecule has 14 heavy (non-hydrogen) atoms. The Hall–Kier alpha value is -1.28. The van der Waals surface area contributed by atoms with Crippen LogP contribution in [-0.4, -0.2) is 11.5 Å². The fourth-order valence-corrected chi connectivity index (χ4v) is 1.74. The molecular weight excluding hydrogens is 172 g/mol.